The second-order valence-electron chi connectivity index (χ2n) is 5.11. The third-order valence-corrected chi connectivity index (χ3v) is 2.57. The van der Waals surface area contributed by atoms with Gasteiger partial charge in [0.25, 0.3) is 6.43 Å². The van der Waals surface area contributed by atoms with Crippen molar-refractivity contribution >= 4 is 11.9 Å². The summed E-state index contributed by atoms with van der Waals surface area (Å²) in [5.74, 6) is -1.01. The van der Waals surface area contributed by atoms with Crippen LogP contribution in [0.2, 0.25) is 0 Å². The van der Waals surface area contributed by atoms with Crippen LogP contribution in [-0.4, -0.2) is 43.2 Å². The monoisotopic (exact) mass is 295 g/mol. The summed E-state index contributed by atoms with van der Waals surface area (Å²) in [6.45, 7) is 3.49. The molecule has 2 N–H and O–H groups in total. The molecule has 0 aromatic carbocycles. The van der Waals surface area contributed by atoms with Crippen molar-refractivity contribution in [2.45, 2.75) is 39.5 Å². The van der Waals surface area contributed by atoms with Gasteiger partial charge in [-0.25, -0.2) is 8.78 Å². The van der Waals surface area contributed by atoms with E-state index in [0.717, 1.165) is 0 Å². The normalized spacial score (nSPS) is 12.7. The lowest BCUT2D eigenvalue weighted by Crippen LogP contribution is -2.31. The molecule has 1 atom stereocenters. The molecule has 118 valence electrons. The molecule has 0 rings (SSSR count). The van der Waals surface area contributed by atoms with Gasteiger partial charge in [-0.1, -0.05) is 13.8 Å². The average Bonchev–Trinajstić information content (AvgIpc) is 2.30. The van der Waals surface area contributed by atoms with Gasteiger partial charge < -0.3 is 15.2 Å². The zero-order valence-electron chi connectivity index (χ0n) is 11.9. The lowest BCUT2D eigenvalue weighted by atomic mass is 9.94. The van der Waals surface area contributed by atoms with Gasteiger partial charge >= 0.3 is 5.97 Å². The molecule has 0 aliphatic heterocycles. The minimum atomic E-state index is -2.54. The number of carboxylic acids is 1. The van der Waals surface area contributed by atoms with E-state index >= 15 is 0 Å². The average molecular weight is 295 g/mol. The van der Waals surface area contributed by atoms with Crippen molar-refractivity contribution in [3.8, 4) is 0 Å². The summed E-state index contributed by atoms with van der Waals surface area (Å²) in [5.41, 5.74) is 0. The van der Waals surface area contributed by atoms with Crippen LogP contribution in [0.5, 0.6) is 0 Å². The minimum absolute atomic E-state index is 0.000340. The van der Waals surface area contributed by atoms with Crippen LogP contribution in [0.1, 0.15) is 33.1 Å². The van der Waals surface area contributed by atoms with Crippen molar-refractivity contribution in [1.29, 1.82) is 0 Å². The van der Waals surface area contributed by atoms with Gasteiger partial charge in [0.2, 0.25) is 5.91 Å². The number of hydrogen-bond acceptors (Lipinski definition) is 3. The molecular weight excluding hydrogens is 272 g/mol. The van der Waals surface area contributed by atoms with E-state index in [4.69, 9.17) is 5.11 Å². The van der Waals surface area contributed by atoms with Crippen LogP contribution in [0.25, 0.3) is 0 Å². The van der Waals surface area contributed by atoms with E-state index in [2.05, 4.69) is 10.1 Å². The lowest BCUT2D eigenvalue weighted by Gasteiger charge is -2.17. The van der Waals surface area contributed by atoms with Crippen LogP contribution in [0.15, 0.2) is 0 Å². The fourth-order valence-corrected chi connectivity index (χ4v) is 1.84. The number of nitrogens with one attached hydrogen (secondary N) is 1. The fourth-order valence-electron chi connectivity index (χ4n) is 1.84. The maximum atomic E-state index is 11.8. The second-order valence-corrected chi connectivity index (χ2v) is 5.11. The molecule has 0 spiro atoms. The molecule has 0 saturated heterocycles. The van der Waals surface area contributed by atoms with Crippen LogP contribution in [0.4, 0.5) is 8.78 Å². The third-order valence-electron chi connectivity index (χ3n) is 2.57. The molecule has 0 aliphatic carbocycles. The van der Waals surface area contributed by atoms with Gasteiger partial charge in [0, 0.05) is 19.4 Å². The lowest BCUT2D eigenvalue weighted by molar-refractivity contribution is -0.138. The van der Waals surface area contributed by atoms with Crippen LogP contribution >= 0.6 is 0 Å². The number of carbonyl (C=O) groups is 2. The number of rotatable bonds is 11. The van der Waals surface area contributed by atoms with E-state index in [1.165, 1.54) is 0 Å². The minimum Gasteiger partial charge on any atom is -0.481 e. The number of aliphatic carboxylic acids is 1. The van der Waals surface area contributed by atoms with Gasteiger partial charge in [0.1, 0.15) is 6.61 Å². The Morgan fingerprint density at radius 1 is 1.30 bits per heavy atom. The molecule has 0 heterocycles. The van der Waals surface area contributed by atoms with Crippen LogP contribution in [0, 0.1) is 11.8 Å². The number of hydrogen-bond donors (Lipinski definition) is 2. The van der Waals surface area contributed by atoms with E-state index in [1.807, 2.05) is 13.8 Å². The Morgan fingerprint density at radius 3 is 2.45 bits per heavy atom. The molecule has 0 fully saturated rings. The molecular formula is C13H23F2NO4. The largest absolute Gasteiger partial charge is 0.481 e. The Hall–Kier alpha value is -1.24. The van der Waals surface area contributed by atoms with Gasteiger partial charge in [-0.05, 0) is 18.3 Å². The van der Waals surface area contributed by atoms with E-state index in [9.17, 15) is 18.4 Å². The number of ether oxygens (including phenoxy) is 1. The molecule has 7 heteroatoms. The third kappa shape index (κ3) is 11.8. The predicted octanol–water partition coefficient (Wildman–Crippen LogP) is 1.91. The summed E-state index contributed by atoms with van der Waals surface area (Å²) < 4.78 is 28.1. The number of carbonyl (C=O) groups excluding carboxylic acids is 1. The highest BCUT2D eigenvalue weighted by atomic mass is 19.3. The van der Waals surface area contributed by atoms with E-state index in [0.29, 0.717) is 12.3 Å². The quantitative estimate of drug-likeness (QED) is 0.571. The molecule has 0 aromatic heterocycles. The first-order valence-electron chi connectivity index (χ1n) is 6.65. The molecule has 0 radical (unpaired) electrons. The van der Waals surface area contributed by atoms with E-state index in [-0.39, 0.29) is 37.8 Å². The Bertz CT molecular complexity index is 298. The van der Waals surface area contributed by atoms with Gasteiger partial charge in [-0.15, -0.1) is 0 Å². The van der Waals surface area contributed by atoms with Gasteiger partial charge in [0.05, 0.1) is 6.61 Å². The molecule has 0 aromatic rings. The van der Waals surface area contributed by atoms with Gasteiger partial charge in [-0.3, -0.25) is 9.59 Å². The number of halogens is 2. The van der Waals surface area contributed by atoms with E-state index < -0.39 is 19.0 Å². The zero-order valence-corrected chi connectivity index (χ0v) is 11.9. The van der Waals surface area contributed by atoms with E-state index in [1.54, 1.807) is 0 Å². The topological polar surface area (TPSA) is 75.6 Å². The molecule has 0 saturated carbocycles. The van der Waals surface area contributed by atoms with Crippen molar-refractivity contribution < 1.29 is 28.2 Å². The summed E-state index contributed by atoms with van der Waals surface area (Å²) >= 11 is 0. The first kappa shape index (κ1) is 18.8. The number of amides is 1. The Balaban J connectivity index is 3.89. The zero-order chi connectivity index (χ0) is 15.5. The molecule has 20 heavy (non-hydrogen) atoms. The van der Waals surface area contributed by atoms with Gasteiger partial charge in [0.15, 0.2) is 0 Å². The molecule has 5 nitrogen and oxygen atoms in total. The summed E-state index contributed by atoms with van der Waals surface area (Å²) in [6.07, 6.45) is -1.84. The highest BCUT2D eigenvalue weighted by Gasteiger charge is 2.16. The summed E-state index contributed by atoms with van der Waals surface area (Å²) in [4.78, 5) is 22.1. The Kier molecular flexibility index (Phi) is 9.88. The van der Waals surface area contributed by atoms with Crippen LogP contribution in [-0.2, 0) is 14.3 Å². The maximum absolute atomic E-state index is 11.8. The van der Waals surface area contributed by atoms with Crippen LogP contribution < -0.4 is 5.32 Å². The summed E-state index contributed by atoms with van der Waals surface area (Å²) in [5, 5.41) is 11.4. The smallest absolute Gasteiger partial charge is 0.303 e. The number of alkyl halides is 2. The second kappa shape index (κ2) is 10.5. The first-order valence-corrected chi connectivity index (χ1v) is 6.65. The van der Waals surface area contributed by atoms with Crippen molar-refractivity contribution in [3.63, 3.8) is 0 Å². The SMILES string of the molecule is CC(C)C[C@H](CNC(=O)CCOCC(F)F)CC(=O)O. The maximum Gasteiger partial charge on any atom is 0.303 e. The summed E-state index contributed by atoms with van der Waals surface area (Å²) in [6, 6.07) is 0. The van der Waals surface area contributed by atoms with Crippen molar-refractivity contribution in [3.05, 3.63) is 0 Å². The predicted molar refractivity (Wildman–Crippen MR) is 69.6 cm³/mol. The molecule has 0 unspecified atom stereocenters. The van der Waals surface area contributed by atoms with Crippen molar-refractivity contribution in [1.82, 2.24) is 5.32 Å². The highest BCUT2D eigenvalue weighted by Crippen LogP contribution is 2.14. The van der Waals surface area contributed by atoms with Crippen molar-refractivity contribution in [2.24, 2.45) is 11.8 Å². The highest BCUT2D eigenvalue weighted by molar-refractivity contribution is 5.76. The molecule has 0 aliphatic rings. The fraction of sp³-hybridized carbons (Fsp3) is 0.846. The van der Waals surface area contributed by atoms with Gasteiger partial charge in [-0.2, -0.15) is 0 Å². The molecule has 0 bridgehead atoms. The number of carboxylic acid groups (broad SMARTS) is 1. The van der Waals surface area contributed by atoms with Crippen LogP contribution in [0.3, 0.4) is 0 Å². The standard InChI is InChI=1S/C13H23F2NO4/c1-9(2)5-10(6-13(18)19)7-16-12(17)3-4-20-8-11(14)15/h9-11H,3-8H2,1-2H3,(H,16,17)(H,18,19)/t10-/m0/s1. The Labute approximate surface area is 117 Å². The van der Waals surface area contributed by atoms with Crippen molar-refractivity contribution in [2.75, 3.05) is 19.8 Å². The first-order chi connectivity index (χ1) is 9.31. The Morgan fingerprint density at radius 2 is 1.95 bits per heavy atom. The molecule has 1 amide bonds. The summed E-state index contributed by atoms with van der Waals surface area (Å²) in [7, 11) is 0.